The molecule has 2 atom stereocenters. The van der Waals surface area contributed by atoms with Crippen molar-refractivity contribution in [3.8, 4) is 5.75 Å². The molecule has 0 saturated heterocycles. The molecule has 6 heteroatoms. The topological polar surface area (TPSA) is 24.8 Å². The highest BCUT2D eigenvalue weighted by atomic mass is 79.9. The number of halogens is 2. The summed E-state index contributed by atoms with van der Waals surface area (Å²) in [5.41, 5.74) is 2.38. The Labute approximate surface area is 156 Å². The second kappa shape index (κ2) is 6.22. The van der Waals surface area contributed by atoms with Gasteiger partial charge in [-0.05, 0) is 46.3 Å². The minimum Gasteiger partial charge on any atom is -0.469 e. The van der Waals surface area contributed by atoms with Crippen molar-refractivity contribution >= 4 is 48.9 Å². The first-order valence-electron chi connectivity index (χ1n) is 7.73. The third-order valence-corrected chi connectivity index (χ3v) is 6.39. The maximum atomic E-state index is 6.22. The van der Waals surface area contributed by atoms with Gasteiger partial charge in [0.15, 0.2) is 6.23 Å². The average Bonchev–Trinajstić information content (AvgIpc) is 3.14. The number of thiophene rings is 1. The van der Waals surface area contributed by atoms with Crippen molar-refractivity contribution in [3.05, 3.63) is 49.0 Å². The Morgan fingerprint density at radius 2 is 2.17 bits per heavy atom. The lowest BCUT2D eigenvalue weighted by Crippen LogP contribution is -2.40. The van der Waals surface area contributed by atoms with Crippen LogP contribution in [0.25, 0.3) is 0 Å². The number of benzene rings is 1. The van der Waals surface area contributed by atoms with Crippen LogP contribution < -0.4 is 4.74 Å². The maximum absolute atomic E-state index is 6.22. The molecule has 2 aromatic rings. The highest BCUT2D eigenvalue weighted by molar-refractivity contribution is 9.11. The fourth-order valence-electron chi connectivity index (χ4n) is 3.19. The van der Waals surface area contributed by atoms with Crippen molar-refractivity contribution in [1.82, 2.24) is 5.01 Å². The molecular weight excluding hydrogens is 440 g/mol. The standard InChI is InChI=1S/C17H16Br2N2OS/c1-2-3-17-21-13(11-8-10(18)4-5-14(11)22-17)9-12(20-21)15-6-7-16(19)23-15/h4-8,13,17H,2-3,9H2,1H3/t13-,17+/m1/s1. The van der Waals surface area contributed by atoms with E-state index in [1.54, 1.807) is 11.3 Å². The van der Waals surface area contributed by atoms with Crippen molar-refractivity contribution in [3.63, 3.8) is 0 Å². The summed E-state index contributed by atoms with van der Waals surface area (Å²) >= 11 is 8.87. The van der Waals surface area contributed by atoms with Crippen LogP contribution in [0.4, 0.5) is 0 Å². The summed E-state index contributed by atoms with van der Waals surface area (Å²) in [6, 6.07) is 10.8. The van der Waals surface area contributed by atoms with Crippen molar-refractivity contribution in [2.24, 2.45) is 5.10 Å². The average molecular weight is 456 g/mol. The molecule has 4 rings (SSSR count). The van der Waals surface area contributed by atoms with E-state index in [4.69, 9.17) is 9.84 Å². The third kappa shape index (κ3) is 2.85. The van der Waals surface area contributed by atoms with E-state index >= 15 is 0 Å². The van der Waals surface area contributed by atoms with Gasteiger partial charge in [-0.15, -0.1) is 11.3 Å². The summed E-state index contributed by atoms with van der Waals surface area (Å²) in [7, 11) is 0. The fraction of sp³-hybridized carbons (Fsp3) is 0.353. The molecule has 120 valence electrons. The van der Waals surface area contributed by atoms with Gasteiger partial charge in [0, 0.05) is 22.9 Å². The number of ether oxygens (including phenoxy) is 1. The van der Waals surface area contributed by atoms with E-state index in [1.165, 1.54) is 10.4 Å². The largest absolute Gasteiger partial charge is 0.469 e. The molecule has 0 N–H and O–H groups in total. The predicted molar refractivity (Wildman–Crippen MR) is 101 cm³/mol. The van der Waals surface area contributed by atoms with Gasteiger partial charge >= 0.3 is 0 Å². The van der Waals surface area contributed by atoms with Crippen LogP contribution in [0.1, 0.15) is 42.7 Å². The van der Waals surface area contributed by atoms with Crippen molar-refractivity contribution in [1.29, 1.82) is 0 Å². The maximum Gasteiger partial charge on any atom is 0.187 e. The molecule has 0 aliphatic carbocycles. The molecule has 0 fully saturated rings. The molecule has 0 spiro atoms. The summed E-state index contributed by atoms with van der Waals surface area (Å²) in [6.45, 7) is 2.19. The van der Waals surface area contributed by atoms with Crippen LogP contribution in [0.2, 0.25) is 0 Å². The van der Waals surface area contributed by atoms with E-state index in [-0.39, 0.29) is 12.3 Å². The zero-order valence-electron chi connectivity index (χ0n) is 12.6. The van der Waals surface area contributed by atoms with Gasteiger partial charge in [0.25, 0.3) is 0 Å². The second-order valence-corrected chi connectivity index (χ2v) is 9.17. The third-order valence-electron chi connectivity index (χ3n) is 4.22. The van der Waals surface area contributed by atoms with Gasteiger partial charge in [-0.3, -0.25) is 5.01 Å². The molecule has 23 heavy (non-hydrogen) atoms. The first-order valence-corrected chi connectivity index (χ1v) is 10.1. The Balaban J connectivity index is 1.73. The van der Waals surface area contributed by atoms with Gasteiger partial charge in [-0.25, -0.2) is 0 Å². The molecule has 0 unspecified atom stereocenters. The van der Waals surface area contributed by atoms with Crippen molar-refractivity contribution in [2.75, 3.05) is 0 Å². The molecule has 3 heterocycles. The smallest absolute Gasteiger partial charge is 0.187 e. The van der Waals surface area contributed by atoms with Gasteiger partial charge in [0.1, 0.15) is 5.75 Å². The van der Waals surface area contributed by atoms with Crippen molar-refractivity contribution < 1.29 is 4.74 Å². The first-order chi connectivity index (χ1) is 11.2. The number of hydrogen-bond donors (Lipinski definition) is 0. The van der Waals surface area contributed by atoms with Crippen LogP contribution in [0.3, 0.4) is 0 Å². The van der Waals surface area contributed by atoms with E-state index in [0.717, 1.165) is 39.0 Å². The molecule has 0 amide bonds. The molecule has 0 saturated carbocycles. The molecule has 0 bridgehead atoms. The highest BCUT2D eigenvalue weighted by Crippen LogP contribution is 2.45. The van der Waals surface area contributed by atoms with Crippen LogP contribution >= 0.6 is 43.2 Å². The van der Waals surface area contributed by atoms with Crippen LogP contribution in [0, 0.1) is 0 Å². The number of nitrogens with zero attached hydrogens (tertiary/aromatic N) is 2. The minimum atomic E-state index is 0.0274. The number of hydrogen-bond acceptors (Lipinski definition) is 4. The fourth-order valence-corrected chi connectivity index (χ4v) is 4.95. The molecular formula is C17H16Br2N2OS. The van der Waals surface area contributed by atoms with Gasteiger partial charge < -0.3 is 4.74 Å². The summed E-state index contributed by atoms with van der Waals surface area (Å²) in [5, 5.41) is 7.09. The number of rotatable bonds is 3. The number of fused-ring (bicyclic) bond motifs is 3. The van der Waals surface area contributed by atoms with Crippen LogP contribution in [-0.2, 0) is 0 Å². The highest BCUT2D eigenvalue weighted by Gasteiger charge is 2.40. The van der Waals surface area contributed by atoms with Crippen LogP contribution in [-0.4, -0.2) is 16.9 Å². The lowest BCUT2D eigenvalue weighted by atomic mass is 9.98. The Bertz CT molecular complexity index is 774. The normalized spacial score (nSPS) is 22.4. The van der Waals surface area contributed by atoms with Crippen LogP contribution in [0.5, 0.6) is 5.75 Å². The Hall–Kier alpha value is -0.850. The lowest BCUT2D eigenvalue weighted by molar-refractivity contribution is -0.0223. The molecule has 2 aliphatic rings. The molecule has 0 radical (unpaired) electrons. The minimum absolute atomic E-state index is 0.0274. The number of hydrazone groups is 1. The van der Waals surface area contributed by atoms with E-state index in [1.807, 2.05) is 6.07 Å². The molecule has 2 aliphatic heterocycles. The van der Waals surface area contributed by atoms with E-state index in [9.17, 15) is 0 Å². The first kappa shape index (κ1) is 15.7. The predicted octanol–water partition coefficient (Wildman–Crippen LogP) is 5.94. The molecule has 1 aromatic carbocycles. The van der Waals surface area contributed by atoms with Gasteiger partial charge in [0.2, 0.25) is 0 Å². The Morgan fingerprint density at radius 3 is 2.91 bits per heavy atom. The summed E-state index contributed by atoms with van der Waals surface area (Å²) in [6.07, 6.45) is 3.02. The summed E-state index contributed by atoms with van der Waals surface area (Å²) in [5.74, 6) is 0.997. The molecule has 3 nitrogen and oxygen atoms in total. The monoisotopic (exact) mass is 454 g/mol. The van der Waals surface area contributed by atoms with Crippen LogP contribution in [0.15, 0.2) is 43.7 Å². The Morgan fingerprint density at radius 1 is 1.30 bits per heavy atom. The van der Waals surface area contributed by atoms with Gasteiger partial charge in [-0.2, -0.15) is 5.10 Å². The molecule has 1 aromatic heterocycles. The second-order valence-electron chi connectivity index (χ2n) is 5.79. The van der Waals surface area contributed by atoms with Gasteiger partial charge in [-0.1, -0.05) is 29.3 Å². The lowest BCUT2D eigenvalue weighted by Gasteiger charge is -2.38. The Kier molecular flexibility index (Phi) is 4.24. The summed E-state index contributed by atoms with van der Waals surface area (Å²) in [4.78, 5) is 1.23. The van der Waals surface area contributed by atoms with Gasteiger partial charge in [0.05, 0.1) is 20.4 Å². The zero-order chi connectivity index (χ0) is 16.0. The van der Waals surface area contributed by atoms with E-state index < -0.39 is 0 Å². The summed E-state index contributed by atoms with van der Waals surface area (Å²) < 4.78 is 8.45. The SMILES string of the molecule is CCC[C@@H]1Oc2ccc(Br)cc2[C@H]2CC(c3ccc(Br)s3)=NN12. The quantitative estimate of drug-likeness (QED) is 0.571. The zero-order valence-corrected chi connectivity index (χ0v) is 16.6. The van der Waals surface area contributed by atoms with E-state index in [0.29, 0.717) is 0 Å². The van der Waals surface area contributed by atoms with E-state index in [2.05, 4.69) is 68.1 Å². The van der Waals surface area contributed by atoms with Crippen molar-refractivity contribution in [2.45, 2.75) is 38.5 Å².